The first-order valence-electron chi connectivity index (χ1n) is 4.52. The Balaban J connectivity index is 2.26. The van der Waals surface area contributed by atoms with E-state index in [1.807, 2.05) is 0 Å². The molecule has 0 bridgehead atoms. The van der Waals surface area contributed by atoms with Crippen molar-refractivity contribution in [2.45, 2.75) is 0 Å². The topological polar surface area (TPSA) is 52.8 Å². The van der Waals surface area contributed by atoms with Gasteiger partial charge < -0.3 is 4.90 Å². The molecule has 0 saturated carbocycles. The largest absolute Gasteiger partial charge is 0.304 e. The van der Waals surface area contributed by atoms with Crippen molar-refractivity contribution >= 4 is 5.91 Å². The molecule has 0 unspecified atom stereocenters. The average Bonchev–Trinajstić information content (AvgIpc) is 2.08. The van der Waals surface area contributed by atoms with Gasteiger partial charge in [0.1, 0.15) is 0 Å². The fourth-order valence-electron chi connectivity index (χ4n) is 1.31. The number of hydrogen-bond acceptors (Lipinski definition) is 4. The Bertz CT molecular complexity index is 175. The molecular formula is C8H18N4O. The zero-order chi connectivity index (χ0) is 9.84. The Hall–Kier alpha value is -0.650. The van der Waals surface area contributed by atoms with Gasteiger partial charge in [0, 0.05) is 33.2 Å². The van der Waals surface area contributed by atoms with Crippen molar-refractivity contribution in [3.05, 3.63) is 0 Å². The molecule has 0 spiro atoms. The lowest BCUT2D eigenvalue weighted by Crippen LogP contribution is -2.49. The summed E-state index contributed by atoms with van der Waals surface area (Å²) in [6.07, 6.45) is 0. The van der Waals surface area contributed by atoms with Crippen LogP contribution in [0.25, 0.3) is 0 Å². The van der Waals surface area contributed by atoms with E-state index in [1.54, 1.807) is 7.05 Å². The minimum absolute atomic E-state index is 0.0236. The average molecular weight is 186 g/mol. The van der Waals surface area contributed by atoms with E-state index in [1.165, 1.54) is 0 Å². The number of rotatable bonds is 2. The van der Waals surface area contributed by atoms with E-state index in [4.69, 9.17) is 5.84 Å². The summed E-state index contributed by atoms with van der Waals surface area (Å²) >= 11 is 0. The molecule has 1 saturated heterocycles. The molecule has 0 atom stereocenters. The molecule has 0 aromatic carbocycles. The number of likely N-dealkylation sites (N-methyl/N-ethyl adjacent to an activating group) is 2. The Labute approximate surface area is 79.0 Å². The smallest absolute Gasteiger partial charge is 0.250 e. The summed E-state index contributed by atoms with van der Waals surface area (Å²) in [5.41, 5.74) is 0. The Morgan fingerprint density at radius 2 is 1.92 bits per heavy atom. The summed E-state index contributed by atoms with van der Waals surface area (Å²) in [6.45, 7) is 4.41. The molecule has 5 heteroatoms. The molecule has 76 valence electrons. The highest BCUT2D eigenvalue weighted by atomic mass is 16.2. The van der Waals surface area contributed by atoms with E-state index >= 15 is 0 Å². The molecule has 2 N–H and O–H groups in total. The number of hydrazine groups is 1. The molecule has 0 aliphatic carbocycles. The van der Waals surface area contributed by atoms with Crippen molar-refractivity contribution in [1.82, 2.24) is 14.8 Å². The van der Waals surface area contributed by atoms with Crippen molar-refractivity contribution in [1.29, 1.82) is 0 Å². The van der Waals surface area contributed by atoms with E-state index in [0.717, 1.165) is 31.2 Å². The Morgan fingerprint density at radius 3 is 2.38 bits per heavy atom. The van der Waals surface area contributed by atoms with Gasteiger partial charge in [0.2, 0.25) is 5.91 Å². The van der Waals surface area contributed by atoms with Gasteiger partial charge in [0.15, 0.2) is 0 Å². The van der Waals surface area contributed by atoms with Crippen LogP contribution in [0.2, 0.25) is 0 Å². The number of nitrogens with zero attached hydrogens (tertiary/aromatic N) is 3. The number of carbonyl (C=O) groups is 1. The fourth-order valence-corrected chi connectivity index (χ4v) is 1.31. The summed E-state index contributed by atoms with van der Waals surface area (Å²) in [4.78, 5) is 15.6. The monoisotopic (exact) mass is 186 g/mol. The quantitative estimate of drug-likeness (QED) is 0.326. The van der Waals surface area contributed by atoms with Gasteiger partial charge >= 0.3 is 0 Å². The molecule has 0 aromatic heterocycles. The van der Waals surface area contributed by atoms with Crippen LogP contribution >= 0.6 is 0 Å². The first-order chi connectivity index (χ1) is 6.09. The predicted molar refractivity (Wildman–Crippen MR) is 50.9 cm³/mol. The van der Waals surface area contributed by atoms with Crippen LogP contribution in [0, 0.1) is 0 Å². The van der Waals surface area contributed by atoms with E-state index in [9.17, 15) is 4.79 Å². The van der Waals surface area contributed by atoms with Crippen LogP contribution in [0.5, 0.6) is 0 Å². The summed E-state index contributed by atoms with van der Waals surface area (Å²) in [7, 11) is 3.67. The third-order valence-corrected chi connectivity index (χ3v) is 2.35. The van der Waals surface area contributed by atoms with Crippen LogP contribution in [-0.4, -0.2) is 67.5 Å². The van der Waals surface area contributed by atoms with Gasteiger partial charge in [-0.05, 0) is 7.05 Å². The fraction of sp³-hybridized carbons (Fsp3) is 0.875. The standard InChI is InChI=1S/C8H18N4O/c1-10-3-5-12(6-4-10)7-8(13)11(2)9/h3-7,9H2,1-2H3. The van der Waals surface area contributed by atoms with Crippen molar-refractivity contribution in [3.63, 3.8) is 0 Å². The maximum Gasteiger partial charge on any atom is 0.250 e. The lowest BCUT2D eigenvalue weighted by molar-refractivity contribution is -0.131. The van der Waals surface area contributed by atoms with E-state index in [0.29, 0.717) is 6.54 Å². The van der Waals surface area contributed by atoms with E-state index in [2.05, 4.69) is 16.8 Å². The first-order valence-corrected chi connectivity index (χ1v) is 4.52. The highest BCUT2D eigenvalue weighted by Crippen LogP contribution is 1.98. The van der Waals surface area contributed by atoms with E-state index in [-0.39, 0.29) is 5.91 Å². The van der Waals surface area contributed by atoms with Gasteiger partial charge in [-0.25, -0.2) is 5.84 Å². The second-order valence-electron chi connectivity index (χ2n) is 3.58. The Kier molecular flexibility index (Phi) is 3.65. The Morgan fingerprint density at radius 1 is 1.38 bits per heavy atom. The second kappa shape index (κ2) is 4.55. The maximum absolute atomic E-state index is 11.2. The van der Waals surface area contributed by atoms with Crippen molar-refractivity contribution in [2.75, 3.05) is 46.8 Å². The molecule has 13 heavy (non-hydrogen) atoms. The normalized spacial score (nSPS) is 20.2. The van der Waals surface area contributed by atoms with Gasteiger partial charge in [-0.3, -0.25) is 14.7 Å². The third-order valence-electron chi connectivity index (χ3n) is 2.35. The molecular weight excluding hydrogens is 168 g/mol. The number of amides is 1. The van der Waals surface area contributed by atoms with Crippen LogP contribution in [0.4, 0.5) is 0 Å². The third kappa shape index (κ3) is 3.30. The molecule has 1 fully saturated rings. The van der Waals surface area contributed by atoms with Crippen molar-refractivity contribution in [3.8, 4) is 0 Å². The van der Waals surface area contributed by atoms with Gasteiger partial charge in [0.05, 0.1) is 6.54 Å². The molecule has 0 aromatic rings. The first kappa shape index (κ1) is 10.4. The maximum atomic E-state index is 11.2. The van der Waals surface area contributed by atoms with Crippen LogP contribution in [-0.2, 0) is 4.79 Å². The summed E-state index contributed by atoms with van der Waals surface area (Å²) < 4.78 is 0. The van der Waals surface area contributed by atoms with Crippen LogP contribution in [0.15, 0.2) is 0 Å². The van der Waals surface area contributed by atoms with Crippen LogP contribution in [0.1, 0.15) is 0 Å². The molecule has 1 aliphatic heterocycles. The van der Waals surface area contributed by atoms with Gasteiger partial charge in [0.25, 0.3) is 0 Å². The molecule has 0 radical (unpaired) electrons. The zero-order valence-corrected chi connectivity index (χ0v) is 8.36. The minimum Gasteiger partial charge on any atom is -0.304 e. The lowest BCUT2D eigenvalue weighted by atomic mass is 10.3. The molecule has 1 amide bonds. The highest BCUT2D eigenvalue weighted by molar-refractivity contribution is 5.77. The molecule has 1 rings (SSSR count). The minimum atomic E-state index is -0.0236. The SMILES string of the molecule is CN1CCN(CC(=O)N(C)N)CC1. The summed E-state index contributed by atoms with van der Waals surface area (Å²) in [5, 5.41) is 1.15. The van der Waals surface area contributed by atoms with E-state index < -0.39 is 0 Å². The summed E-state index contributed by atoms with van der Waals surface area (Å²) in [6, 6.07) is 0. The molecule has 1 heterocycles. The zero-order valence-electron chi connectivity index (χ0n) is 8.36. The van der Waals surface area contributed by atoms with Crippen molar-refractivity contribution < 1.29 is 4.79 Å². The predicted octanol–water partition coefficient (Wildman–Crippen LogP) is -1.43. The highest BCUT2D eigenvalue weighted by Gasteiger charge is 2.17. The molecule has 5 nitrogen and oxygen atoms in total. The van der Waals surface area contributed by atoms with Crippen LogP contribution < -0.4 is 5.84 Å². The van der Waals surface area contributed by atoms with Gasteiger partial charge in [-0.2, -0.15) is 0 Å². The van der Waals surface area contributed by atoms with Gasteiger partial charge in [-0.1, -0.05) is 0 Å². The van der Waals surface area contributed by atoms with Crippen molar-refractivity contribution in [2.24, 2.45) is 5.84 Å². The summed E-state index contributed by atoms with van der Waals surface area (Å²) in [5.74, 6) is 5.30. The van der Waals surface area contributed by atoms with Crippen LogP contribution in [0.3, 0.4) is 0 Å². The lowest BCUT2D eigenvalue weighted by Gasteiger charge is -2.32. The number of hydrogen-bond donors (Lipinski definition) is 1. The number of carbonyl (C=O) groups excluding carboxylic acids is 1. The second-order valence-corrected chi connectivity index (χ2v) is 3.58. The number of nitrogens with two attached hydrogens (primary N) is 1. The number of piperazine rings is 1. The molecule has 1 aliphatic rings. The van der Waals surface area contributed by atoms with Gasteiger partial charge in [-0.15, -0.1) is 0 Å².